The highest BCUT2D eigenvalue weighted by molar-refractivity contribution is 5.91. The molecule has 5 rings (SSSR count). The Morgan fingerprint density at radius 3 is 2.70 bits per heavy atom. The van der Waals surface area contributed by atoms with Gasteiger partial charge in [0.2, 0.25) is 0 Å². The number of allylic oxidation sites excluding steroid dienone is 1. The maximum absolute atomic E-state index is 13.5. The van der Waals surface area contributed by atoms with Crippen LogP contribution < -0.4 is 0 Å². The predicted octanol–water partition coefficient (Wildman–Crippen LogP) is 6.08. The van der Waals surface area contributed by atoms with E-state index in [9.17, 15) is 4.39 Å². The fourth-order valence-corrected chi connectivity index (χ4v) is 4.83. The molecular weight excluding hydrogens is 373 g/mol. The van der Waals surface area contributed by atoms with Gasteiger partial charge in [-0.25, -0.2) is 4.39 Å². The second-order valence-electron chi connectivity index (χ2n) is 8.15. The first-order valence-electron chi connectivity index (χ1n) is 10.7. The van der Waals surface area contributed by atoms with Crippen LogP contribution in [0.2, 0.25) is 0 Å². The van der Waals surface area contributed by atoms with Gasteiger partial charge in [0, 0.05) is 48.8 Å². The van der Waals surface area contributed by atoms with Gasteiger partial charge in [0.05, 0.1) is 5.69 Å². The number of hydrogen-bond donors (Lipinski definition) is 1. The van der Waals surface area contributed by atoms with Crippen LogP contribution in [0.5, 0.6) is 0 Å². The highest BCUT2D eigenvalue weighted by atomic mass is 19.1. The molecule has 152 valence electrons. The van der Waals surface area contributed by atoms with E-state index in [4.69, 9.17) is 0 Å². The molecule has 1 fully saturated rings. The molecule has 0 spiro atoms. The number of rotatable bonds is 4. The van der Waals surface area contributed by atoms with E-state index in [-0.39, 0.29) is 5.82 Å². The molecule has 30 heavy (non-hydrogen) atoms. The summed E-state index contributed by atoms with van der Waals surface area (Å²) in [5.41, 5.74) is 8.51. The number of fused-ring (bicyclic) bond motifs is 1. The maximum Gasteiger partial charge on any atom is 0.123 e. The minimum Gasteiger partial charge on any atom is -0.360 e. The van der Waals surface area contributed by atoms with Crippen LogP contribution in [0.15, 0.2) is 72.7 Å². The average Bonchev–Trinajstić information content (AvgIpc) is 3.38. The quantitative estimate of drug-likeness (QED) is 0.539. The van der Waals surface area contributed by atoms with Gasteiger partial charge < -0.3 is 4.98 Å². The highest BCUT2D eigenvalue weighted by Crippen LogP contribution is 2.41. The van der Waals surface area contributed by atoms with Crippen molar-refractivity contribution in [1.82, 2.24) is 14.9 Å². The number of benzene rings is 1. The SMILES string of the molecule is CCC=C1CC2C=C(c3c[nH]c(-c4ccc(F)cc4)c3-c3ccncc3)CCN2C1. The molecule has 2 aliphatic heterocycles. The molecule has 1 N–H and O–H groups in total. The normalized spacial score (nSPS) is 20.4. The first-order chi connectivity index (χ1) is 14.7. The summed E-state index contributed by atoms with van der Waals surface area (Å²) in [4.78, 5) is 10.3. The zero-order chi connectivity index (χ0) is 20.5. The standard InChI is InChI=1S/C26H26FN3/c1-2-3-18-14-23-15-21(10-13-30(23)17-18)24-16-29-26(20-4-6-22(27)7-5-20)25(24)19-8-11-28-12-9-19/h3-9,11-12,15-16,23,29H,2,10,13-14,17H2,1H3. The molecule has 0 aliphatic carbocycles. The van der Waals surface area contributed by atoms with Gasteiger partial charge >= 0.3 is 0 Å². The minimum atomic E-state index is -0.219. The first-order valence-corrected chi connectivity index (χ1v) is 10.7. The Labute approximate surface area is 177 Å². The highest BCUT2D eigenvalue weighted by Gasteiger charge is 2.30. The molecule has 0 saturated carbocycles. The van der Waals surface area contributed by atoms with Gasteiger partial charge in [0.25, 0.3) is 0 Å². The van der Waals surface area contributed by atoms with Gasteiger partial charge in [-0.1, -0.05) is 24.6 Å². The minimum absolute atomic E-state index is 0.219. The molecule has 2 aromatic heterocycles. The van der Waals surface area contributed by atoms with E-state index in [1.165, 1.54) is 28.8 Å². The van der Waals surface area contributed by atoms with Gasteiger partial charge in [0.15, 0.2) is 0 Å². The molecule has 1 unspecified atom stereocenters. The largest absolute Gasteiger partial charge is 0.360 e. The van der Waals surface area contributed by atoms with E-state index in [0.29, 0.717) is 6.04 Å². The van der Waals surface area contributed by atoms with Crippen molar-refractivity contribution in [1.29, 1.82) is 0 Å². The zero-order valence-corrected chi connectivity index (χ0v) is 17.2. The summed E-state index contributed by atoms with van der Waals surface area (Å²) in [6.45, 7) is 4.40. The Morgan fingerprint density at radius 2 is 1.93 bits per heavy atom. The molecule has 1 atom stereocenters. The van der Waals surface area contributed by atoms with E-state index in [1.54, 1.807) is 5.57 Å². The maximum atomic E-state index is 13.5. The third-order valence-electron chi connectivity index (χ3n) is 6.23. The molecule has 3 aromatic rings. The number of hydrogen-bond acceptors (Lipinski definition) is 2. The Balaban J connectivity index is 1.58. The van der Waals surface area contributed by atoms with E-state index >= 15 is 0 Å². The van der Waals surface area contributed by atoms with Crippen LogP contribution in [-0.2, 0) is 0 Å². The lowest BCUT2D eigenvalue weighted by atomic mass is 9.90. The Bertz CT molecular complexity index is 1090. The van der Waals surface area contributed by atoms with Crippen LogP contribution in [0.4, 0.5) is 4.39 Å². The average molecular weight is 400 g/mol. The van der Waals surface area contributed by atoms with E-state index in [0.717, 1.165) is 49.2 Å². The molecule has 3 nitrogen and oxygen atoms in total. The molecule has 4 heteroatoms. The summed E-state index contributed by atoms with van der Waals surface area (Å²) in [6, 6.07) is 11.3. The van der Waals surface area contributed by atoms with E-state index in [1.807, 2.05) is 36.7 Å². The molecule has 1 saturated heterocycles. The van der Waals surface area contributed by atoms with E-state index < -0.39 is 0 Å². The van der Waals surface area contributed by atoms with Gasteiger partial charge in [-0.2, -0.15) is 0 Å². The van der Waals surface area contributed by atoms with Crippen molar-refractivity contribution < 1.29 is 4.39 Å². The Morgan fingerprint density at radius 1 is 1.13 bits per heavy atom. The van der Waals surface area contributed by atoms with Crippen LogP contribution in [0.1, 0.15) is 31.7 Å². The second-order valence-corrected chi connectivity index (χ2v) is 8.15. The Kier molecular flexibility index (Phi) is 5.09. The smallest absolute Gasteiger partial charge is 0.123 e. The molecule has 0 bridgehead atoms. The summed E-state index contributed by atoms with van der Waals surface area (Å²) in [5.74, 6) is -0.219. The van der Waals surface area contributed by atoms with Crippen LogP contribution in [0.3, 0.4) is 0 Å². The van der Waals surface area contributed by atoms with Gasteiger partial charge in [0.1, 0.15) is 5.82 Å². The monoisotopic (exact) mass is 399 g/mol. The summed E-state index contributed by atoms with van der Waals surface area (Å²) < 4.78 is 13.5. The van der Waals surface area contributed by atoms with E-state index in [2.05, 4.69) is 40.1 Å². The molecule has 0 radical (unpaired) electrons. The number of pyridine rings is 1. The molecular formula is C26H26FN3. The third-order valence-corrected chi connectivity index (χ3v) is 6.23. The fraction of sp³-hybridized carbons (Fsp3) is 0.269. The van der Waals surface area contributed by atoms with Gasteiger partial charge in [-0.3, -0.25) is 9.88 Å². The van der Waals surface area contributed by atoms with Crippen LogP contribution in [0, 0.1) is 5.82 Å². The molecule has 2 aliphatic rings. The van der Waals surface area contributed by atoms with Crippen molar-refractivity contribution in [2.24, 2.45) is 0 Å². The summed E-state index contributed by atoms with van der Waals surface area (Å²) in [5, 5.41) is 0. The van der Waals surface area contributed by atoms with Gasteiger partial charge in [-0.15, -0.1) is 0 Å². The van der Waals surface area contributed by atoms with Crippen LogP contribution in [0.25, 0.3) is 28.0 Å². The number of nitrogens with zero attached hydrogens (tertiary/aromatic N) is 2. The van der Waals surface area contributed by atoms with Gasteiger partial charge in [-0.05, 0) is 72.4 Å². The fourth-order valence-electron chi connectivity index (χ4n) is 4.83. The Hall–Kier alpha value is -2.98. The number of H-pyrrole nitrogens is 1. The lowest BCUT2D eigenvalue weighted by Gasteiger charge is -2.28. The summed E-state index contributed by atoms with van der Waals surface area (Å²) in [6.07, 6.45) is 13.9. The molecule has 4 heterocycles. The number of aromatic amines is 1. The van der Waals surface area contributed by atoms with Crippen LogP contribution >= 0.6 is 0 Å². The molecule has 1 aromatic carbocycles. The predicted molar refractivity (Wildman–Crippen MR) is 120 cm³/mol. The number of nitrogens with one attached hydrogen (secondary N) is 1. The topological polar surface area (TPSA) is 31.9 Å². The number of halogens is 1. The van der Waals surface area contributed by atoms with Crippen LogP contribution in [-0.4, -0.2) is 34.0 Å². The van der Waals surface area contributed by atoms with Crippen molar-refractivity contribution in [3.05, 3.63) is 84.1 Å². The number of aromatic nitrogens is 2. The van der Waals surface area contributed by atoms with Crippen molar-refractivity contribution >= 4 is 5.57 Å². The second kappa shape index (κ2) is 8.04. The third kappa shape index (κ3) is 3.52. The summed E-state index contributed by atoms with van der Waals surface area (Å²) in [7, 11) is 0. The lowest BCUT2D eigenvalue weighted by molar-refractivity contribution is 0.290. The lowest BCUT2D eigenvalue weighted by Crippen LogP contribution is -2.32. The first kappa shape index (κ1) is 19.0. The van der Waals surface area contributed by atoms with Crippen molar-refractivity contribution in [3.8, 4) is 22.4 Å². The zero-order valence-electron chi connectivity index (χ0n) is 17.2. The van der Waals surface area contributed by atoms with Crippen molar-refractivity contribution in [2.45, 2.75) is 32.2 Å². The summed E-state index contributed by atoms with van der Waals surface area (Å²) >= 11 is 0. The van der Waals surface area contributed by atoms with Crippen molar-refractivity contribution in [3.63, 3.8) is 0 Å². The molecule has 0 amide bonds. The van der Waals surface area contributed by atoms with Crippen molar-refractivity contribution in [2.75, 3.05) is 13.1 Å².